The van der Waals surface area contributed by atoms with Gasteiger partial charge in [0.2, 0.25) is 0 Å². The molecule has 2 unspecified atom stereocenters. The molecule has 1 fully saturated rings. The number of hydrogen-bond acceptors (Lipinski definition) is 3. The monoisotopic (exact) mass is 233 g/mol. The molecule has 0 aliphatic carbocycles. The maximum atomic E-state index is 12.3. The van der Waals surface area contributed by atoms with Crippen molar-refractivity contribution < 1.29 is 4.79 Å². The van der Waals surface area contributed by atoms with Gasteiger partial charge in [-0.2, -0.15) is 0 Å². The van der Waals surface area contributed by atoms with E-state index in [1.54, 1.807) is 6.20 Å². The molecule has 1 amide bonds. The lowest BCUT2D eigenvalue weighted by atomic mass is 9.94. The number of hydrogen-bond donors (Lipinski definition) is 1. The van der Waals surface area contributed by atoms with Gasteiger partial charge in [-0.15, -0.1) is 0 Å². The second-order valence-electron chi connectivity index (χ2n) is 4.85. The number of likely N-dealkylation sites (tertiary alicyclic amines) is 1. The van der Waals surface area contributed by atoms with Gasteiger partial charge in [0.25, 0.3) is 5.91 Å². The summed E-state index contributed by atoms with van der Waals surface area (Å²) < 4.78 is 0. The van der Waals surface area contributed by atoms with Crippen LogP contribution in [0.5, 0.6) is 0 Å². The van der Waals surface area contributed by atoms with Crippen LogP contribution in [0, 0.1) is 12.8 Å². The first-order valence-electron chi connectivity index (χ1n) is 6.06. The standard InChI is InChI=1S/C13H19N3O/c1-9-5-7-16(8-11(9)14)13(17)12-10(2)4-3-6-15-12/h3-4,6,9,11H,5,7-8,14H2,1-2H3. The van der Waals surface area contributed by atoms with Crippen molar-refractivity contribution >= 4 is 5.91 Å². The minimum Gasteiger partial charge on any atom is -0.336 e. The number of carbonyl (C=O) groups is 1. The lowest BCUT2D eigenvalue weighted by molar-refractivity contribution is 0.0665. The zero-order valence-corrected chi connectivity index (χ0v) is 10.4. The summed E-state index contributed by atoms with van der Waals surface area (Å²) in [5.74, 6) is 0.495. The summed E-state index contributed by atoms with van der Waals surface area (Å²) in [7, 11) is 0. The summed E-state index contributed by atoms with van der Waals surface area (Å²) in [6.45, 7) is 5.46. The molecule has 1 aliphatic rings. The highest BCUT2D eigenvalue weighted by molar-refractivity contribution is 5.93. The predicted octanol–water partition coefficient (Wildman–Crippen LogP) is 1.20. The van der Waals surface area contributed by atoms with Crippen molar-refractivity contribution in [2.45, 2.75) is 26.3 Å². The average molecular weight is 233 g/mol. The molecule has 17 heavy (non-hydrogen) atoms. The number of carbonyl (C=O) groups excluding carboxylic acids is 1. The summed E-state index contributed by atoms with van der Waals surface area (Å²) in [6, 6.07) is 3.83. The van der Waals surface area contributed by atoms with E-state index in [1.807, 2.05) is 24.0 Å². The number of aryl methyl sites for hydroxylation is 1. The predicted molar refractivity (Wildman–Crippen MR) is 66.6 cm³/mol. The van der Waals surface area contributed by atoms with Crippen molar-refractivity contribution in [3.63, 3.8) is 0 Å². The summed E-state index contributed by atoms with van der Waals surface area (Å²) in [5, 5.41) is 0. The first kappa shape index (κ1) is 12.0. The van der Waals surface area contributed by atoms with Gasteiger partial charge < -0.3 is 10.6 Å². The molecule has 0 spiro atoms. The molecule has 4 nitrogen and oxygen atoms in total. The smallest absolute Gasteiger partial charge is 0.272 e. The summed E-state index contributed by atoms with van der Waals surface area (Å²) in [4.78, 5) is 18.3. The molecule has 2 rings (SSSR count). The minimum absolute atomic E-state index is 0.00505. The molecule has 2 atom stereocenters. The fraction of sp³-hybridized carbons (Fsp3) is 0.538. The van der Waals surface area contributed by atoms with E-state index >= 15 is 0 Å². The summed E-state index contributed by atoms with van der Waals surface area (Å²) in [6.07, 6.45) is 2.63. The Labute approximate surface area is 102 Å². The van der Waals surface area contributed by atoms with E-state index in [-0.39, 0.29) is 11.9 Å². The Morgan fingerprint density at radius 3 is 3.00 bits per heavy atom. The summed E-state index contributed by atoms with van der Waals surface area (Å²) in [5.41, 5.74) is 7.48. The van der Waals surface area contributed by atoms with Crippen molar-refractivity contribution in [3.8, 4) is 0 Å². The van der Waals surface area contributed by atoms with E-state index in [0.717, 1.165) is 18.5 Å². The minimum atomic E-state index is 0.00505. The lowest BCUT2D eigenvalue weighted by Gasteiger charge is -2.35. The zero-order valence-electron chi connectivity index (χ0n) is 10.4. The van der Waals surface area contributed by atoms with Gasteiger partial charge in [0.1, 0.15) is 5.69 Å². The fourth-order valence-electron chi connectivity index (χ4n) is 2.14. The van der Waals surface area contributed by atoms with Crippen LogP contribution in [-0.4, -0.2) is 34.9 Å². The largest absolute Gasteiger partial charge is 0.336 e. The molecule has 0 radical (unpaired) electrons. The van der Waals surface area contributed by atoms with Crippen molar-refractivity contribution in [1.82, 2.24) is 9.88 Å². The number of amides is 1. The molecule has 1 aliphatic heterocycles. The van der Waals surface area contributed by atoms with Crippen molar-refractivity contribution in [3.05, 3.63) is 29.6 Å². The first-order valence-corrected chi connectivity index (χ1v) is 6.06. The van der Waals surface area contributed by atoms with Crippen molar-refractivity contribution in [2.75, 3.05) is 13.1 Å². The Bertz CT molecular complexity index is 419. The second kappa shape index (κ2) is 4.84. The molecular weight excluding hydrogens is 214 g/mol. The van der Waals surface area contributed by atoms with E-state index < -0.39 is 0 Å². The van der Waals surface area contributed by atoms with Crippen molar-refractivity contribution in [2.24, 2.45) is 11.7 Å². The number of nitrogens with zero attached hydrogens (tertiary/aromatic N) is 2. The third-order valence-electron chi connectivity index (χ3n) is 3.52. The van der Waals surface area contributed by atoms with E-state index in [9.17, 15) is 4.79 Å². The van der Waals surface area contributed by atoms with Gasteiger partial charge in [0.15, 0.2) is 0 Å². The SMILES string of the molecule is Cc1cccnc1C(=O)N1CCC(C)C(N)C1. The van der Waals surface area contributed by atoms with Crippen LogP contribution in [0.15, 0.2) is 18.3 Å². The van der Waals surface area contributed by atoms with E-state index in [2.05, 4.69) is 11.9 Å². The molecule has 2 heterocycles. The Kier molecular flexibility index (Phi) is 3.43. The number of rotatable bonds is 1. The van der Waals surface area contributed by atoms with Crippen LogP contribution >= 0.6 is 0 Å². The van der Waals surface area contributed by atoms with Crippen LogP contribution < -0.4 is 5.73 Å². The molecule has 1 aromatic heterocycles. The van der Waals surface area contributed by atoms with Gasteiger partial charge >= 0.3 is 0 Å². The normalized spacial score (nSPS) is 24.8. The van der Waals surface area contributed by atoms with E-state index in [4.69, 9.17) is 5.73 Å². The molecule has 2 N–H and O–H groups in total. The van der Waals surface area contributed by atoms with Gasteiger partial charge in [-0.3, -0.25) is 9.78 Å². The molecule has 1 aromatic rings. The third kappa shape index (κ3) is 2.47. The average Bonchev–Trinajstić information content (AvgIpc) is 2.32. The maximum Gasteiger partial charge on any atom is 0.272 e. The third-order valence-corrected chi connectivity index (χ3v) is 3.52. The number of pyridine rings is 1. The van der Waals surface area contributed by atoms with Crippen LogP contribution in [0.2, 0.25) is 0 Å². The van der Waals surface area contributed by atoms with Crippen LogP contribution in [0.25, 0.3) is 0 Å². The number of nitrogens with two attached hydrogens (primary N) is 1. The molecule has 0 saturated carbocycles. The first-order chi connectivity index (χ1) is 8.09. The zero-order chi connectivity index (χ0) is 12.4. The molecule has 1 saturated heterocycles. The molecule has 0 aromatic carbocycles. The quantitative estimate of drug-likeness (QED) is 0.793. The Hall–Kier alpha value is -1.42. The van der Waals surface area contributed by atoms with Gasteiger partial charge in [0.05, 0.1) is 0 Å². The van der Waals surface area contributed by atoms with Crippen LogP contribution in [0.1, 0.15) is 29.4 Å². The maximum absolute atomic E-state index is 12.3. The highest BCUT2D eigenvalue weighted by Gasteiger charge is 2.27. The Morgan fingerprint density at radius 2 is 2.35 bits per heavy atom. The lowest BCUT2D eigenvalue weighted by Crippen LogP contribution is -2.50. The second-order valence-corrected chi connectivity index (χ2v) is 4.85. The fourth-order valence-corrected chi connectivity index (χ4v) is 2.14. The van der Waals surface area contributed by atoms with Gasteiger partial charge in [-0.1, -0.05) is 13.0 Å². The molecular formula is C13H19N3O. The topological polar surface area (TPSA) is 59.2 Å². The van der Waals surface area contributed by atoms with E-state index in [1.165, 1.54) is 0 Å². The molecule has 4 heteroatoms. The molecule has 92 valence electrons. The molecule has 0 bridgehead atoms. The summed E-state index contributed by atoms with van der Waals surface area (Å²) >= 11 is 0. The van der Waals surface area contributed by atoms with Gasteiger partial charge in [-0.25, -0.2) is 0 Å². The van der Waals surface area contributed by atoms with Gasteiger partial charge in [-0.05, 0) is 30.9 Å². The highest BCUT2D eigenvalue weighted by Crippen LogP contribution is 2.18. The number of aromatic nitrogens is 1. The van der Waals surface area contributed by atoms with Gasteiger partial charge in [0, 0.05) is 25.3 Å². The van der Waals surface area contributed by atoms with E-state index in [0.29, 0.717) is 18.2 Å². The number of piperidine rings is 1. The Balaban J connectivity index is 2.14. The van der Waals surface area contributed by atoms with Crippen LogP contribution in [0.4, 0.5) is 0 Å². The van der Waals surface area contributed by atoms with Crippen LogP contribution in [0.3, 0.4) is 0 Å². The van der Waals surface area contributed by atoms with Crippen molar-refractivity contribution in [1.29, 1.82) is 0 Å². The Morgan fingerprint density at radius 1 is 1.59 bits per heavy atom. The highest BCUT2D eigenvalue weighted by atomic mass is 16.2. The van der Waals surface area contributed by atoms with Crippen LogP contribution in [-0.2, 0) is 0 Å².